The fourth-order valence-electron chi connectivity index (χ4n) is 1.78. The molecule has 2 aromatic rings. The minimum atomic E-state index is -0.335. The van der Waals surface area contributed by atoms with Crippen LogP contribution in [0, 0.1) is 0 Å². The third-order valence-corrected chi connectivity index (χ3v) is 2.97. The van der Waals surface area contributed by atoms with Crippen LogP contribution in [-0.2, 0) is 6.54 Å². The Hall–Kier alpha value is -1.39. The molecule has 0 spiro atoms. The van der Waals surface area contributed by atoms with Gasteiger partial charge in [0, 0.05) is 11.6 Å². The van der Waals surface area contributed by atoms with Gasteiger partial charge in [-0.25, -0.2) is 0 Å². The monoisotopic (exact) mass is 250 g/mol. The Morgan fingerprint density at radius 1 is 1.41 bits per heavy atom. The first-order chi connectivity index (χ1) is 8.24. The van der Waals surface area contributed by atoms with E-state index in [4.69, 9.17) is 17.3 Å². The molecule has 0 saturated carbocycles. The molecule has 0 radical (unpaired) electrons. The van der Waals surface area contributed by atoms with E-state index in [1.807, 2.05) is 28.8 Å². The second kappa shape index (κ2) is 5.29. The molecule has 5 heteroatoms. The fraction of sp³-hybridized carbons (Fsp3) is 0.333. The first-order valence-electron chi connectivity index (χ1n) is 5.61. The molecular formula is C12H15ClN4. The average Bonchev–Trinajstić information content (AvgIpc) is 2.78. The molecular weight excluding hydrogens is 236 g/mol. The molecule has 1 aromatic carbocycles. The highest BCUT2D eigenvalue weighted by Gasteiger charge is 2.17. The van der Waals surface area contributed by atoms with E-state index in [9.17, 15) is 0 Å². The molecule has 0 unspecified atom stereocenters. The van der Waals surface area contributed by atoms with Crippen LogP contribution < -0.4 is 5.73 Å². The number of nitrogens with zero attached hydrogens (tertiary/aromatic N) is 3. The van der Waals surface area contributed by atoms with Crippen LogP contribution in [0.3, 0.4) is 0 Å². The van der Waals surface area contributed by atoms with Crippen molar-refractivity contribution in [2.75, 3.05) is 0 Å². The van der Waals surface area contributed by atoms with Gasteiger partial charge < -0.3 is 10.3 Å². The third kappa shape index (κ3) is 2.48. The quantitative estimate of drug-likeness (QED) is 0.907. The summed E-state index contributed by atoms with van der Waals surface area (Å²) in [4.78, 5) is 0. The van der Waals surface area contributed by atoms with Crippen molar-refractivity contribution in [3.63, 3.8) is 0 Å². The number of benzene rings is 1. The Kier molecular flexibility index (Phi) is 3.76. The number of aromatic nitrogens is 3. The van der Waals surface area contributed by atoms with Crippen LogP contribution in [0.4, 0.5) is 0 Å². The molecule has 90 valence electrons. The van der Waals surface area contributed by atoms with Crippen molar-refractivity contribution in [2.45, 2.75) is 25.9 Å². The van der Waals surface area contributed by atoms with Crippen LogP contribution in [0.5, 0.6) is 0 Å². The Balaban J connectivity index is 2.34. The lowest BCUT2D eigenvalue weighted by Crippen LogP contribution is -2.18. The summed E-state index contributed by atoms with van der Waals surface area (Å²) in [5, 5.41) is 8.65. The van der Waals surface area contributed by atoms with E-state index in [2.05, 4.69) is 17.1 Å². The lowest BCUT2D eigenvalue weighted by molar-refractivity contribution is 0.613. The Bertz CT molecular complexity index is 495. The molecule has 0 fully saturated rings. The Morgan fingerprint density at radius 3 is 2.88 bits per heavy atom. The minimum absolute atomic E-state index is 0.335. The lowest BCUT2D eigenvalue weighted by Gasteiger charge is -2.14. The summed E-state index contributed by atoms with van der Waals surface area (Å²) in [5.74, 6) is 0.750. The Morgan fingerprint density at radius 2 is 2.18 bits per heavy atom. The molecule has 17 heavy (non-hydrogen) atoms. The van der Waals surface area contributed by atoms with Gasteiger partial charge in [0.2, 0.25) is 0 Å². The summed E-state index contributed by atoms with van der Waals surface area (Å²) in [6, 6.07) is 7.21. The molecule has 1 heterocycles. The number of hydrogen-bond acceptors (Lipinski definition) is 3. The molecule has 0 saturated heterocycles. The third-order valence-electron chi connectivity index (χ3n) is 2.63. The standard InChI is InChI=1S/C12H15ClN4/c1-2-7-17-8-15-16-12(17)11(14)9-5-3-4-6-10(9)13/h3-6,8,11H,2,7,14H2,1H3/t11-/m1/s1. The van der Waals surface area contributed by atoms with Crippen molar-refractivity contribution in [3.8, 4) is 0 Å². The maximum Gasteiger partial charge on any atom is 0.154 e. The highest BCUT2D eigenvalue weighted by atomic mass is 35.5. The molecule has 1 atom stereocenters. The van der Waals surface area contributed by atoms with Gasteiger partial charge in [-0.3, -0.25) is 0 Å². The number of nitrogens with two attached hydrogens (primary N) is 1. The average molecular weight is 251 g/mol. The minimum Gasteiger partial charge on any atom is -0.318 e. The van der Waals surface area contributed by atoms with Crippen LogP contribution in [0.2, 0.25) is 5.02 Å². The zero-order valence-electron chi connectivity index (χ0n) is 9.68. The van der Waals surface area contributed by atoms with E-state index >= 15 is 0 Å². The number of halogens is 1. The highest BCUT2D eigenvalue weighted by molar-refractivity contribution is 6.31. The predicted molar refractivity (Wildman–Crippen MR) is 67.8 cm³/mol. The number of hydrogen-bond donors (Lipinski definition) is 1. The van der Waals surface area contributed by atoms with Crippen LogP contribution >= 0.6 is 11.6 Å². The van der Waals surface area contributed by atoms with Gasteiger partial charge in [-0.15, -0.1) is 10.2 Å². The second-order valence-corrected chi connectivity index (χ2v) is 4.29. The van der Waals surface area contributed by atoms with Gasteiger partial charge in [0.25, 0.3) is 0 Å². The molecule has 2 N–H and O–H groups in total. The summed E-state index contributed by atoms with van der Waals surface area (Å²) in [7, 11) is 0. The van der Waals surface area contributed by atoms with Gasteiger partial charge in [0.05, 0.1) is 6.04 Å². The van der Waals surface area contributed by atoms with E-state index in [0.717, 1.165) is 24.4 Å². The fourth-order valence-corrected chi connectivity index (χ4v) is 2.04. The Labute approximate surface area is 105 Å². The van der Waals surface area contributed by atoms with Gasteiger partial charge in [0.1, 0.15) is 6.33 Å². The van der Waals surface area contributed by atoms with Crippen molar-refractivity contribution in [2.24, 2.45) is 5.73 Å². The van der Waals surface area contributed by atoms with E-state index in [1.165, 1.54) is 0 Å². The first-order valence-corrected chi connectivity index (χ1v) is 5.99. The molecule has 0 aliphatic heterocycles. The second-order valence-electron chi connectivity index (χ2n) is 3.88. The zero-order chi connectivity index (χ0) is 12.3. The van der Waals surface area contributed by atoms with Crippen molar-refractivity contribution in [1.82, 2.24) is 14.8 Å². The van der Waals surface area contributed by atoms with Crippen LogP contribution in [-0.4, -0.2) is 14.8 Å². The lowest BCUT2D eigenvalue weighted by atomic mass is 10.1. The van der Waals surface area contributed by atoms with Gasteiger partial charge >= 0.3 is 0 Å². The maximum absolute atomic E-state index is 6.18. The molecule has 0 aliphatic rings. The topological polar surface area (TPSA) is 56.7 Å². The molecule has 0 bridgehead atoms. The molecule has 0 amide bonds. The van der Waals surface area contributed by atoms with Crippen molar-refractivity contribution >= 4 is 11.6 Å². The largest absolute Gasteiger partial charge is 0.318 e. The van der Waals surface area contributed by atoms with Crippen LogP contribution in [0.15, 0.2) is 30.6 Å². The summed E-state index contributed by atoms with van der Waals surface area (Å²) < 4.78 is 1.97. The first kappa shape index (κ1) is 12.1. The van der Waals surface area contributed by atoms with E-state index in [0.29, 0.717) is 5.02 Å². The summed E-state index contributed by atoms with van der Waals surface area (Å²) in [6.45, 7) is 2.96. The number of aryl methyl sites for hydroxylation is 1. The summed E-state index contributed by atoms with van der Waals surface area (Å²) in [6.07, 6.45) is 2.72. The van der Waals surface area contributed by atoms with Crippen LogP contribution in [0.1, 0.15) is 30.8 Å². The maximum atomic E-state index is 6.18. The molecule has 0 aliphatic carbocycles. The van der Waals surface area contributed by atoms with E-state index in [-0.39, 0.29) is 6.04 Å². The predicted octanol–water partition coefficient (Wildman–Crippen LogP) is 2.39. The van der Waals surface area contributed by atoms with Crippen LogP contribution in [0.25, 0.3) is 0 Å². The molecule has 4 nitrogen and oxygen atoms in total. The normalized spacial score (nSPS) is 12.6. The van der Waals surface area contributed by atoms with Crippen molar-refractivity contribution in [3.05, 3.63) is 47.0 Å². The smallest absolute Gasteiger partial charge is 0.154 e. The van der Waals surface area contributed by atoms with E-state index < -0.39 is 0 Å². The molecule has 2 rings (SSSR count). The summed E-state index contributed by atoms with van der Waals surface area (Å²) in [5.41, 5.74) is 7.06. The van der Waals surface area contributed by atoms with Gasteiger partial charge in [0.15, 0.2) is 5.82 Å². The van der Waals surface area contributed by atoms with E-state index in [1.54, 1.807) is 6.33 Å². The van der Waals surface area contributed by atoms with Crippen molar-refractivity contribution in [1.29, 1.82) is 0 Å². The van der Waals surface area contributed by atoms with Gasteiger partial charge in [-0.1, -0.05) is 36.7 Å². The number of rotatable bonds is 4. The molecule has 1 aromatic heterocycles. The SMILES string of the molecule is CCCn1cnnc1[C@H](N)c1ccccc1Cl. The zero-order valence-corrected chi connectivity index (χ0v) is 10.4. The summed E-state index contributed by atoms with van der Waals surface area (Å²) >= 11 is 6.13. The van der Waals surface area contributed by atoms with Gasteiger partial charge in [-0.05, 0) is 18.1 Å². The van der Waals surface area contributed by atoms with Gasteiger partial charge in [-0.2, -0.15) is 0 Å². The van der Waals surface area contributed by atoms with Crippen molar-refractivity contribution < 1.29 is 0 Å². The highest BCUT2D eigenvalue weighted by Crippen LogP contribution is 2.24.